The molecule has 0 spiro atoms. The van der Waals surface area contributed by atoms with E-state index in [1.807, 2.05) is 11.6 Å². The number of thioether (sulfide) groups is 1. The number of ether oxygens (including phenoxy) is 1. The maximum Gasteiger partial charge on any atom is 0.191 e. The van der Waals surface area contributed by atoms with Gasteiger partial charge in [-0.1, -0.05) is 18.7 Å². The van der Waals surface area contributed by atoms with Crippen molar-refractivity contribution in [2.24, 2.45) is 7.05 Å². The van der Waals surface area contributed by atoms with Gasteiger partial charge in [0, 0.05) is 19.7 Å². The first-order valence-electron chi connectivity index (χ1n) is 5.63. The van der Waals surface area contributed by atoms with Gasteiger partial charge in [-0.05, 0) is 13.0 Å². The van der Waals surface area contributed by atoms with Crippen LogP contribution in [0.4, 0.5) is 0 Å². The van der Waals surface area contributed by atoms with Crippen LogP contribution >= 0.6 is 11.8 Å². The van der Waals surface area contributed by atoms with E-state index in [-0.39, 0.29) is 0 Å². The van der Waals surface area contributed by atoms with Crippen LogP contribution in [0, 0.1) is 0 Å². The highest BCUT2D eigenvalue weighted by atomic mass is 32.2. The number of nitrogens with zero attached hydrogens (tertiary/aromatic N) is 3. The summed E-state index contributed by atoms with van der Waals surface area (Å²) in [5, 5.41) is 12.9. The molecule has 0 saturated carbocycles. The standard InChI is InChI=1S/C10H18N4OS/c1-3-11-8-4-5-15-6-9(8)16-10-13-12-7-14(10)2/h7-9,11H,3-6H2,1-2H3. The molecule has 16 heavy (non-hydrogen) atoms. The molecule has 0 radical (unpaired) electrons. The molecule has 2 atom stereocenters. The molecule has 1 aromatic rings. The van der Waals surface area contributed by atoms with Crippen molar-refractivity contribution in [1.82, 2.24) is 20.1 Å². The van der Waals surface area contributed by atoms with Crippen molar-refractivity contribution in [1.29, 1.82) is 0 Å². The zero-order chi connectivity index (χ0) is 11.4. The lowest BCUT2D eigenvalue weighted by atomic mass is 10.1. The predicted molar refractivity (Wildman–Crippen MR) is 63.5 cm³/mol. The van der Waals surface area contributed by atoms with Crippen LogP contribution in [0.1, 0.15) is 13.3 Å². The molecule has 2 rings (SSSR count). The highest BCUT2D eigenvalue weighted by Crippen LogP contribution is 2.26. The average Bonchev–Trinajstić information content (AvgIpc) is 2.68. The SMILES string of the molecule is CCNC1CCOCC1Sc1nncn1C. The van der Waals surface area contributed by atoms with Crippen molar-refractivity contribution in [3.8, 4) is 0 Å². The minimum atomic E-state index is 0.427. The number of aromatic nitrogens is 3. The normalized spacial score (nSPS) is 25.9. The van der Waals surface area contributed by atoms with E-state index in [2.05, 4.69) is 22.4 Å². The van der Waals surface area contributed by atoms with Gasteiger partial charge in [-0.2, -0.15) is 0 Å². The monoisotopic (exact) mass is 242 g/mol. The summed E-state index contributed by atoms with van der Waals surface area (Å²) >= 11 is 1.75. The summed E-state index contributed by atoms with van der Waals surface area (Å²) in [5.74, 6) is 0. The Morgan fingerprint density at radius 1 is 1.69 bits per heavy atom. The fraction of sp³-hybridized carbons (Fsp3) is 0.800. The second kappa shape index (κ2) is 5.65. The molecule has 5 nitrogen and oxygen atoms in total. The zero-order valence-electron chi connectivity index (χ0n) is 9.72. The second-order valence-corrected chi connectivity index (χ2v) is 5.11. The second-order valence-electron chi connectivity index (χ2n) is 3.91. The first-order chi connectivity index (χ1) is 7.81. The van der Waals surface area contributed by atoms with Gasteiger partial charge in [0.2, 0.25) is 0 Å². The summed E-state index contributed by atoms with van der Waals surface area (Å²) in [7, 11) is 1.97. The molecule has 0 bridgehead atoms. The third-order valence-corrected chi connectivity index (χ3v) is 4.04. The lowest BCUT2D eigenvalue weighted by Crippen LogP contribution is -2.44. The molecule has 2 heterocycles. The number of hydrogen-bond acceptors (Lipinski definition) is 5. The van der Waals surface area contributed by atoms with Crippen molar-refractivity contribution in [3.05, 3.63) is 6.33 Å². The van der Waals surface area contributed by atoms with Gasteiger partial charge in [-0.15, -0.1) is 10.2 Å². The Labute approximate surface area is 100.0 Å². The van der Waals surface area contributed by atoms with E-state index in [1.54, 1.807) is 18.1 Å². The number of aryl methyl sites for hydroxylation is 1. The van der Waals surface area contributed by atoms with Crippen molar-refractivity contribution in [2.75, 3.05) is 19.8 Å². The Morgan fingerprint density at radius 2 is 2.56 bits per heavy atom. The van der Waals surface area contributed by atoms with Gasteiger partial charge in [-0.25, -0.2) is 0 Å². The van der Waals surface area contributed by atoms with E-state index >= 15 is 0 Å². The summed E-state index contributed by atoms with van der Waals surface area (Å²) in [6.07, 6.45) is 2.80. The third-order valence-electron chi connectivity index (χ3n) is 2.70. The van der Waals surface area contributed by atoms with Gasteiger partial charge in [-0.3, -0.25) is 0 Å². The number of rotatable bonds is 4. The Bertz CT molecular complexity index is 328. The molecule has 1 saturated heterocycles. The van der Waals surface area contributed by atoms with E-state index in [0.717, 1.165) is 31.3 Å². The topological polar surface area (TPSA) is 52.0 Å². The summed E-state index contributed by atoms with van der Waals surface area (Å²) < 4.78 is 7.48. The third kappa shape index (κ3) is 2.75. The molecule has 1 aromatic heterocycles. The van der Waals surface area contributed by atoms with Crippen LogP contribution in [0.2, 0.25) is 0 Å². The van der Waals surface area contributed by atoms with Gasteiger partial charge >= 0.3 is 0 Å². The molecule has 2 unspecified atom stereocenters. The summed E-state index contributed by atoms with van der Waals surface area (Å²) in [5.41, 5.74) is 0. The van der Waals surface area contributed by atoms with Crippen molar-refractivity contribution < 1.29 is 4.74 Å². The van der Waals surface area contributed by atoms with E-state index in [0.29, 0.717) is 11.3 Å². The fourth-order valence-electron chi connectivity index (χ4n) is 1.84. The lowest BCUT2D eigenvalue weighted by Gasteiger charge is -2.31. The summed E-state index contributed by atoms with van der Waals surface area (Å²) in [4.78, 5) is 0. The maximum absolute atomic E-state index is 5.53. The Kier molecular flexibility index (Phi) is 4.20. The molecule has 1 aliphatic heterocycles. The fourth-order valence-corrected chi connectivity index (χ4v) is 2.98. The minimum absolute atomic E-state index is 0.427. The Balaban J connectivity index is 1.98. The zero-order valence-corrected chi connectivity index (χ0v) is 10.5. The molecule has 0 aromatic carbocycles. The predicted octanol–water partition coefficient (Wildman–Crippen LogP) is 0.674. The molecule has 0 aliphatic carbocycles. The van der Waals surface area contributed by atoms with Gasteiger partial charge in [0.05, 0.1) is 11.9 Å². The first-order valence-corrected chi connectivity index (χ1v) is 6.51. The smallest absolute Gasteiger partial charge is 0.191 e. The minimum Gasteiger partial charge on any atom is -0.380 e. The van der Waals surface area contributed by atoms with Gasteiger partial charge < -0.3 is 14.6 Å². The molecule has 90 valence electrons. The molecular weight excluding hydrogens is 224 g/mol. The summed E-state index contributed by atoms with van der Waals surface area (Å²) in [6.45, 7) is 4.78. The first kappa shape index (κ1) is 11.9. The highest BCUT2D eigenvalue weighted by Gasteiger charge is 2.27. The molecular formula is C10H18N4OS. The van der Waals surface area contributed by atoms with Crippen LogP contribution in [-0.2, 0) is 11.8 Å². The van der Waals surface area contributed by atoms with Crippen molar-refractivity contribution in [3.63, 3.8) is 0 Å². The number of hydrogen-bond donors (Lipinski definition) is 1. The van der Waals surface area contributed by atoms with Crippen LogP contribution in [0.15, 0.2) is 11.5 Å². The molecule has 0 amide bonds. The van der Waals surface area contributed by atoms with E-state index in [1.165, 1.54) is 0 Å². The van der Waals surface area contributed by atoms with Crippen LogP contribution in [-0.4, -0.2) is 45.8 Å². The quantitative estimate of drug-likeness (QED) is 0.841. The van der Waals surface area contributed by atoms with E-state index in [9.17, 15) is 0 Å². The molecule has 1 N–H and O–H groups in total. The van der Waals surface area contributed by atoms with Crippen LogP contribution in [0.3, 0.4) is 0 Å². The van der Waals surface area contributed by atoms with Crippen LogP contribution in [0.25, 0.3) is 0 Å². The molecule has 1 aliphatic rings. The van der Waals surface area contributed by atoms with Crippen molar-refractivity contribution in [2.45, 2.75) is 29.8 Å². The molecule has 6 heteroatoms. The maximum atomic E-state index is 5.53. The summed E-state index contributed by atoms with van der Waals surface area (Å²) in [6, 6.07) is 0.514. The largest absolute Gasteiger partial charge is 0.380 e. The van der Waals surface area contributed by atoms with E-state index < -0.39 is 0 Å². The Morgan fingerprint density at radius 3 is 3.25 bits per heavy atom. The van der Waals surface area contributed by atoms with Gasteiger partial charge in [0.25, 0.3) is 0 Å². The van der Waals surface area contributed by atoms with E-state index in [4.69, 9.17) is 4.74 Å². The van der Waals surface area contributed by atoms with Crippen LogP contribution in [0.5, 0.6) is 0 Å². The van der Waals surface area contributed by atoms with Crippen molar-refractivity contribution >= 4 is 11.8 Å². The number of nitrogens with one attached hydrogen (secondary N) is 1. The highest BCUT2D eigenvalue weighted by molar-refractivity contribution is 7.99. The van der Waals surface area contributed by atoms with Gasteiger partial charge in [0.15, 0.2) is 5.16 Å². The average molecular weight is 242 g/mol. The lowest BCUT2D eigenvalue weighted by molar-refractivity contribution is 0.0836. The van der Waals surface area contributed by atoms with Gasteiger partial charge in [0.1, 0.15) is 6.33 Å². The molecule has 1 fully saturated rings. The Hall–Kier alpha value is -0.590. The van der Waals surface area contributed by atoms with Crippen LogP contribution < -0.4 is 5.32 Å².